The predicted molar refractivity (Wildman–Crippen MR) is 94.9 cm³/mol. The molecule has 2 rings (SSSR count). The molecule has 0 radical (unpaired) electrons. The number of aryl methyl sites for hydroxylation is 1. The van der Waals surface area contributed by atoms with E-state index < -0.39 is 0 Å². The Kier molecular flexibility index (Phi) is 5.74. The predicted octanol–water partition coefficient (Wildman–Crippen LogP) is 4.25. The molecular formula is C19H24N2O2. The molecule has 0 aromatic heterocycles. The van der Waals surface area contributed by atoms with E-state index in [4.69, 9.17) is 0 Å². The van der Waals surface area contributed by atoms with Gasteiger partial charge in [0.25, 0.3) is 0 Å². The van der Waals surface area contributed by atoms with Gasteiger partial charge in [-0.15, -0.1) is 0 Å². The maximum atomic E-state index is 11.1. The SMILES string of the molecule is CCN(CC)c1ccc(C(C[N+](=O)[O-])c2ccc(C)cc2)cc1. The Bertz CT molecular complexity index is 631. The van der Waals surface area contributed by atoms with Gasteiger partial charge in [-0.1, -0.05) is 42.0 Å². The van der Waals surface area contributed by atoms with Crippen molar-refractivity contribution in [2.24, 2.45) is 0 Å². The summed E-state index contributed by atoms with van der Waals surface area (Å²) in [6, 6.07) is 16.1. The monoisotopic (exact) mass is 312 g/mol. The highest BCUT2D eigenvalue weighted by atomic mass is 16.6. The van der Waals surface area contributed by atoms with Crippen LogP contribution < -0.4 is 4.90 Å². The third-order valence-electron chi connectivity index (χ3n) is 4.24. The van der Waals surface area contributed by atoms with E-state index in [1.54, 1.807) is 0 Å². The maximum Gasteiger partial charge on any atom is 0.214 e. The number of nitro groups is 1. The van der Waals surface area contributed by atoms with Crippen molar-refractivity contribution < 1.29 is 4.92 Å². The molecule has 0 aliphatic heterocycles. The third kappa shape index (κ3) is 4.31. The Morgan fingerprint density at radius 3 is 1.87 bits per heavy atom. The highest BCUT2D eigenvalue weighted by Gasteiger charge is 2.20. The zero-order valence-electron chi connectivity index (χ0n) is 14.0. The fraction of sp³-hybridized carbons (Fsp3) is 0.368. The minimum atomic E-state index is -0.233. The van der Waals surface area contributed by atoms with Crippen LogP contribution in [0, 0.1) is 17.0 Å². The summed E-state index contributed by atoms with van der Waals surface area (Å²) in [4.78, 5) is 13.1. The van der Waals surface area contributed by atoms with E-state index in [0.717, 1.165) is 35.5 Å². The van der Waals surface area contributed by atoms with Crippen LogP contribution in [0.5, 0.6) is 0 Å². The summed E-state index contributed by atoms with van der Waals surface area (Å²) in [5.74, 6) is -0.212. The molecule has 0 heterocycles. The van der Waals surface area contributed by atoms with Crippen LogP contribution in [-0.4, -0.2) is 24.6 Å². The van der Waals surface area contributed by atoms with Gasteiger partial charge in [0.1, 0.15) is 0 Å². The molecule has 4 heteroatoms. The number of nitrogens with zero attached hydrogens (tertiary/aromatic N) is 2. The van der Waals surface area contributed by atoms with E-state index >= 15 is 0 Å². The number of rotatable bonds is 7. The van der Waals surface area contributed by atoms with Crippen molar-refractivity contribution in [1.82, 2.24) is 0 Å². The van der Waals surface area contributed by atoms with Crippen LogP contribution in [0.15, 0.2) is 48.5 Å². The van der Waals surface area contributed by atoms with Crippen LogP contribution in [0.4, 0.5) is 5.69 Å². The number of anilines is 1. The molecule has 23 heavy (non-hydrogen) atoms. The van der Waals surface area contributed by atoms with E-state index in [9.17, 15) is 10.1 Å². The molecule has 0 bridgehead atoms. The Morgan fingerprint density at radius 1 is 0.957 bits per heavy atom. The van der Waals surface area contributed by atoms with Gasteiger partial charge in [0.05, 0.1) is 5.92 Å². The van der Waals surface area contributed by atoms with Gasteiger partial charge < -0.3 is 4.90 Å². The molecule has 1 unspecified atom stereocenters. The van der Waals surface area contributed by atoms with Gasteiger partial charge in [-0.2, -0.15) is 0 Å². The Balaban J connectivity index is 2.32. The van der Waals surface area contributed by atoms with E-state index in [1.807, 2.05) is 43.3 Å². The summed E-state index contributed by atoms with van der Waals surface area (Å²) >= 11 is 0. The van der Waals surface area contributed by atoms with Crippen molar-refractivity contribution in [1.29, 1.82) is 0 Å². The van der Waals surface area contributed by atoms with E-state index in [2.05, 4.69) is 30.9 Å². The van der Waals surface area contributed by atoms with Gasteiger partial charge in [0.2, 0.25) is 6.54 Å². The lowest BCUT2D eigenvalue weighted by molar-refractivity contribution is -0.481. The van der Waals surface area contributed by atoms with Gasteiger partial charge in [-0.3, -0.25) is 10.1 Å². The topological polar surface area (TPSA) is 46.4 Å². The van der Waals surface area contributed by atoms with Gasteiger partial charge in [0, 0.05) is 23.7 Å². The number of benzene rings is 2. The largest absolute Gasteiger partial charge is 0.372 e. The van der Waals surface area contributed by atoms with Crippen LogP contribution in [0.2, 0.25) is 0 Å². The summed E-state index contributed by atoms with van der Waals surface area (Å²) in [6.45, 7) is 8.08. The molecule has 0 saturated heterocycles. The average Bonchev–Trinajstić information content (AvgIpc) is 2.55. The van der Waals surface area contributed by atoms with Crippen LogP contribution in [0.25, 0.3) is 0 Å². The Hall–Kier alpha value is -2.36. The molecule has 0 aliphatic rings. The number of hydrogen-bond donors (Lipinski definition) is 0. The summed E-state index contributed by atoms with van der Waals surface area (Å²) in [6.07, 6.45) is 0. The van der Waals surface area contributed by atoms with Crippen LogP contribution >= 0.6 is 0 Å². The second kappa shape index (κ2) is 7.77. The molecule has 0 aliphatic carbocycles. The van der Waals surface area contributed by atoms with E-state index in [1.165, 1.54) is 0 Å². The molecule has 4 nitrogen and oxygen atoms in total. The molecule has 0 fully saturated rings. The first-order chi connectivity index (χ1) is 11.0. The molecule has 122 valence electrons. The first-order valence-electron chi connectivity index (χ1n) is 8.08. The summed E-state index contributed by atoms with van der Waals surface area (Å²) in [5.41, 5.74) is 4.29. The van der Waals surface area contributed by atoms with E-state index in [0.29, 0.717) is 0 Å². The van der Waals surface area contributed by atoms with Crippen molar-refractivity contribution in [2.75, 3.05) is 24.5 Å². The lowest BCUT2D eigenvalue weighted by atomic mass is 9.90. The van der Waals surface area contributed by atoms with E-state index in [-0.39, 0.29) is 17.4 Å². The maximum absolute atomic E-state index is 11.1. The van der Waals surface area contributed by atoms with Gasteiger partial charge in [0.15, 0.2) is 0 Å². The van der Waals surface area contributed by atoms with Crippen molar-refractivity contribution >= 4 is 5.69 Å². The van der Waals surface area contributed by atoms with Crippen LogP contribution in [0.3, 0.4) is 0 Å². The molecule has 0 spiro atoms. The smallest absolute Gasteiger partial charge is 0.214 e. The zero-order chi connectivity index (χ0) is 16.8. The third-order valence-corrected chi connectivity index (χ3v) is 4.24. The molecule has 0 N–H and O–H groups in total. The highest BCUT2D eigenvalue weighted by Crippen LogP contribution is 2.27. The normalized spacial score (nSPS) is 12.0. The minimum absolute atomic E-state index is 0.0896. The lowest BCUT2D eigenvalue weighted by Crippen LogP contribution is -2.21. The standard InChI is InChI=1S/C19H24N2O2/c1-4-20(5-2)18-12-10-17(11-13-18)19(14-21(22)23)16-8-6-15(3)7-9-16/h6-13,19H,4-5,14H2,1-3H3. The summed E-state index contributed by atoms with van der Waals surface area (Å²) < 4.78 is 0. The first kappa shape index (κ1) is 17.0. The first-order valence-corrected chi connectivity index (χ1v) is 8.08. The summed E-state index contributed by atoms with van der Waals surface area (Å²) in [7, 11) is 0. The molecule has 0 amide bonds. The van der Waals surface area contributed by atoms with Crippen LogP contribution in [-0.2, 0) is 0 Å². The van der Waals surface area contributed by atoms with Gasteiger partial charge >= 0.3 is 0 Å². The molecule has 2 aromatic carbocycles. The summed E-state index contributed by atoms with van der Waals surface area (Å²) in [5, 5.41) is 11.1. The number of hydrogen-bond acceptors (Lipinski definition) is 3. The fourth-order valence-electron chi connectivity index (χ4n) is 2.86. The zero-order valence-corrected chi connectivity index (χ0v) is 14.0. The van der Waals surface area contributed by atoms with Crippen LogP contribution in [0.1, 0.15) is 36.5 Å². The van der Waals surface area contributed by atoms with Crippen molar-refractivity contribution in [2.45, 2.75) is 26.7 Å². The van der Waals surface area contributed by atoms with Crippen molar-refractivity contribution in [3.05, 3.63) is 75.3 Å². The Labute approximate surface area is 137 Å². The quantitative estimate of drug-likeness (QED) is 0.567. The highest BCUT2D eigenvalue weighted by molar-refractivity contribution is 5.49. The van der Waals surface area contributed by atoms with Crippen molar-refractivity contribution in [3.8, 4) is 0 Å². The minimum Gasteiger partial charge on any atom is -0.372 e. The second-order valence-corrected chi connectivity index (χ2v) is 5.74. The molecule has 2 aromatic rings. The second-order valence-electron chi connectivity index (χ2n) is 5.74. The Morgan fingerprint density at radius 2 is 1.43 bits per heavy atom. The average molecular weight is 312 g/mol. The molecule has 1 atom stereocenters. The molecular weight excluding hydrogens is 288 g/mol. The van der Waals surface area contributed by atoms with Gasteiger partial charge in [-0.25, -0.2) is 0 Å². The lowest BCUT2D eigenvalue weighted by Gasteiger charge is -2.22. The molecule has 0 saturated carbocycles. The fourth-order valence-corrected chi connectivity index (χ4v) is 2.86. The van der Waals surface area contributed by atoms with Gasteiger partial charge in [-0.05, 0) is 44.0 Å². The van der Waals surface area contributed by atoms with Crippen molar-refractivity contribution in [3.63, 3.8) is 0 Å².